The van der Waals surface area contributed by atoms with Crippen LogP contribution >= 0.6 is 11.5 Å². The summed E-state index contributed by atoms with van der Waals surface area (Å²) in [5, 5.41) is 4.40. The maximum atomic E-state index is 5.81. The molecule has 0 fully saturated rings. The fraction of sp³-hybridized carbons (Fsp3) is 0.786. The molecule has 0 saturated carbocycles. The lowest BCUT2D eigenvalue weighted by molar-refractivity contribution is 0.295. The third-order valence-electron chi connectivity index (χ3n) is 3.35. The minimum atomic E-state index is 0.393. The average Bonchev–Trinajstić information content (AvgIpc) is 2.77. The number of aromatic nitrogens is 1. The van der Waals surface area contributed by atoms with Crippen LogP contribution in [0.5, 0.6) is 5.75 Å². The molecule has 1 aromatic rings. The van der Waals surface area contributed by atoms with Crippen LogP contribution in [0.1, 0.15) is 40.5 Å². The van der Waals surface area contributed by atoms with Crippen LogP contribution < -0.4 is 15.8 Å². The Morgan fingerprint density at radius 2 is 2.05 bits per heavy atom. The Bertz CT molecular complexity index is 379. The molecule has 0 aliphatic heterocycles. The molecule has 0 radical (unpaired) electrons. The lowest BCUT2D eigenvalue weighted by Crippen LogP contribution is -2.25. The molecule has 0 aliphatic rings. The van der Waals surface area contributed by atoms with Gasteiger partial charge in [0.1, 0.15) is 0 Å². The van der Waals surface area contributed by atoms with Crippen LogP contribution in [0.3, 0.4) is 0 Å². The third-order valence-corrected chi connectivity index (χ3v) is 4.12. The number of nitrogen functional groups attached to an aromatic ring is 1. The summed E-state index contributed by atoms with van der Waals surface area (Å²) in [5.74, 6) is 1.18. The first-order chi connectivity index (χ1) is 9.62. The van der Waals surface area contributed by atoms with Gasteiger partial charge >= 0.3 is 0 Å². The van der Waals surface area contributed by atoms with E-state index in [1.807, 2.05) is 6.92 Å². The van der Waals surface area contributed by atoms with Gasteiger partial charge in [-0.3, -0.25) is 0 Å². The van der Waals surface area contributed by atoms with E-state index in [9.17, 15) is 0 Å². The standard InChI is InChI=1S/C14H28N4OS/c1-5-18(6-2)10-8-9-11(4)16-14-12(19-7-3)13(15)17-20-14/h11,16H,5-10H2,1-4H3,(H2,15,17). The Labute approximate surface area is 126 Å². The molecule has 0 amide bonds. The Kier molecular flexibility index (Phi) is 7.69. The van der Waals surface area contributed by atoms with Crippen molar-refractivity contribution in [2.24, 2.45) is 0 Å². The second-order valence-electron chi connectivity index (χ2n) is 4.87. The van der Waals surface area contributed by atoms with Crippen molar-refractivity contribution in [2.75, 3.05) is 37.3 Å². The summed E-state index contributed by atoms with van der Waals surface area (Å²) in [5.41, 5.74) is 5.81. The van der Waals surface area contributed by atoms with E-state index >= 15 is 0 Å². The molecule has 1 aromatic heterocycles. The van der Waals surface area contributed by atoms with Gasteiger partial charge in [0.2, 0.25) is 0 Å². The molecule has 1 unspecified atom stereocenters. The number of nitrogens with zero attached hydrogens (tertiary/aromatic N) is 2. The van der Waals surface area contributed by atoms with Gasteiger partial charge in [-0.2, -0.15) is 4.37 Å². The highest BCUT2D eigenvalue weighted by atomic mass is 32.1. The van der Waals surface area contributed by atoms with Crippen molar-refractivity contribution in [3.05, 3.63) is 0 Å². The van der Waals surface area contributed by atoms with E-state index in [2.05, 4.69) is 35.4 Å². The lowest BCUT2D eigenvalue weighted by Gasteiger charge is -2.20. The fourth-order valence-electron chi connectivity index (χ4n) is 2.13. The fourth-order valence-corrected chi connectivity index (χ4v) is 2.90. The molecule has 5 nitrogen and oxygen atoms in total. The average molecular weight is 300 g/mol. The van der Waals surface area contributed by atoms with Crippen LogP contribution in [-0.4, -0.2) is 41.6 Å². The Morgan fingerprint density at radius 3 is 2.65 bits per heavy atom. The zero-order valence-corrected chi connectivity index (χ0v) is 13.9. The Morgan fingerprint density at radius 1 is 1.35 bits per heavy atom. The van der Waals surface area contributed by atoms with Crippen molar-refractivity contribution in [2.45, 2.75) is 46.6 Å². The van der Waals surface area contributed by atoms with Gasteiger partial charge in [0, 0.05) is 6.04 Å². The topological polar surface area (TPSA) is 63.4 Å². The molecule has 0 bridgehead atoms. The summed E-state index contributed by atoms with van der Waals surface area (Å²) in [4.78, 5) is 2.45. The molecule has 1 atom stereocenters. The largest absolute Gasteiger partial charge is 0.487 e. The van der Waals surface area contributed by atoms with Crippen LogP contribution in [0.4, 0.5) is 10.8 Å². The smallest absolute Gasteiger partial charge is 0.197 e. The highest BCUT2D eigenvalue weighted by Gasteiger charge is 2.14. The van der Waals surface area contributed by atoms with Crippen LogP contribution in [0.25, 0.3) is 0 Å². The van der Waals surface area contributed by atoms with Gasteiger partial charge in [0.25, 0.3) is 0 Å². The third kappa shape index (κ3) is 5.17. The number of hydrogen-bond acceptors (Lipinski definition) is 6. The second kappa shape index (κ2) is 9.02. The predicted molar refractivity (Wildman–Crippen MR) is 87.8 cm³/mol. The molecule has 0 saturated heterocycles. The van der Waals surface area contributed by atoms with Crippen LogP contribution in [0.15, 0.2) is 0 Å². The normalized spacial score (nSPS) is 12.7. The van der Waals surface area contributed by atoms with E-state index in [1.54, 1.807) is 0 Å². The summed E-state index contributed by atoms with van der Waals surface area (Å²) in [7, 11) is 0. The van der Waals surface area contributed by atoms with Gasteiger partial charge < -0.3 is 20.7 Å². The molecule has 0 aliphatic carbocycles. The SMILES string of the molecule is CCOc1c(N)nsc1NC(C)CCCN(CC)CC. The zero-order chi connectivity index (χ0) is 15.0. The summed E-state index contributed by atoms with van der Waals surface area (Å²) in [6.45, 7) is 12.6. The van der Waals surface area contributed by atoms with Crippen molar-refractivity contribution < 1.29 is 4.74 Å². The zero-order valence-electron chi connectivity index (χ0n) is 13.1. The lowest BCUT2D eigenvalue weighted by atomic mass is 10.2. The van der Waals surface area contributed by atoms with E-state index in [0.29, 0.717) is 24.2 Å². The summed E-state index contributed by atoms with van der Waals surface area (Å²) < 4.78 is 9.69. The first kappa shape index (κ1) is 17.0. The van der Waals surface area contributed by atoms with Gasteiger partial charge in [0.15, 0.2) is 16.6 Å². The molecular weight excluding hydrogens is 272 g/mol. The van der Waals surface area contributed by atoms with Crippen molar-refractivity contribution in [3.8, 4) is 5.75 Å². The minimum Gasteiger partial charge on any atom is -0.487 e. The first-order valence-electron chi connectivity index (χ1n) is 7.49. The number of ether oxygens (including phenoxy) is 1. The van der Waals surface area contributed by atoms with Crippen LogP contribution in [-0.2, 0) is 0 Å². The quantitative estimate of drug-likeness (QED) is 0.695. The molecule has 20 heavy (non-hydrogen) atoms. The van der Waals surface area contributed by atoms with Crippen molar-refractivity contribution in [1.82, 2.24) is 9.27 Å². The van der Waals surface area contributed by atoms with E-state index in [1.165, 1.54) is 18.0 Å². The van der Waals surface area contributed by atoms with Gasteiger partial charge in [-0.25, -0.2) is 0 Å². The minimum absolute atomic E-state index is 0.393. The maximum absolute atomic E-state index is 5.81. The van der Waals surface area contributed by atoms with E-state index < -0.39 is 0 Å². The van der Waals surface area contributed by atoms with Gasteiger partial charge in [-0.15, -0.1) is 0 Å². The number of nitrogens with one attached hydrogen (secondary N) is 1. The highest BCUT2D eigenvalue weighted by molar-refractivity contribution is 7.11. The van der Waals surface area contributed by atoms with Gasteiger partial charge in [-0.1, -0.05) is 13.8 Å². The number of rotatable bonds is 10. The van der Waals surface area contributed by atoms with Crippen LogP contribution in [0, 0.1) is 0 Å². The Hall–Kier alpha value is -1.01. The van der Waals surface area contributed by atoms with Crippen LogP contribution in [0.2, 0.25) is 0 Å². The molecule has 3 N–H and O–H groups in total. The number of nitrogens with two attached hydrogens (primary N) is 1. The molecule has 0 spiro atoms. The monoisotopic (exact) mass is 300 g/mol. The molecule has 116 valence electrons. The maximum Gasteiger partial charge on any atom is 0.197 e. The molecule has 0 aromatic carbocycles. The highest BCUT2D eigenvalue weighted by Crippen LogP contribution is 2.35. The van der Waals surface area contributed by atoms with Gasteiger partial charge in [-0.05, 0) is 57.9 Å². The van der Waals surface area contributed by atoms with E-state index in [0.717, 1.165) is 31.1 Å². The summed E-state index contributed by atoms with van der Waals surface area (Å²) in [6.07, 6.45) is 2.31. The molecule has 1 rings (SSSR count). The summed E-state index contributed by atoms with van der Waals surface area (Å²) >= 11 is 1.37. The van der Waals surface area contributed by atoms with Crippen molar-refractivity contribution in [1.29, 1.82) is 0 Å². The first-order valence-corrected chi connectivity index (χ1v) is 8.26. The summed E-state index contributed by atoms with van der Waals surface area (Å²) in [6, 6.07) is 0.393. The predicted octanol–water partition coefficient (Wildman–Crippen LogP) is 3.05. The molecule has 1 heterocycles. The number of anilines is 2. The van der Waals surface area contributed by atoms with E-state index in [4.69, 9.17) is 10.5 Å². The van der Waals surface area contributed by atoms with Crippen molar-refractivity contribution >= 4 is 22.4 Å². The second-order valence-corrected chi connectivity index (χ2v) is 5.65. The molecule has 6 heteroatoms. The molecular formula is C14H28N4OS. The van der Waals surface area contributed by atoms with Crippen molar-refractivity contribution in [3.63, 3.8) is 0 Å². The van der Waals surface area contributed by atoms with E-state index in [-0.39, 0.29) is 0 Å². The van der Waals surface area contributed by atoms with Gasteiger partial charge in [0.05, 0.1) is 6.61 Å². The Balaban J connectivity index is 2.40. The number of hydrogen-bond donors (Lipinski definition) is 2.